The maximum absolute atomic E-state index is 9.99. The van der Waals surface area contributed by atoms with Crippen LogP contribution in [0.25, 0.3) is 0 Å². The van der Waals surface area contributed by atoms with Gasteiger partial charge >= 0.3 is 0 Å². The molecule has 1 aromatic carbocycles. The predicted molar refractivity (Wildman–Crippen MR) is 76.2 cm³/mol. The zero-order chi connectivity index (χ0) is 13.5. The molecule has 1 saturated heterocycles. The number of nitrogens with zero attached hydrogens (tertiary/aromatic N) is 2. The van der Waals surface area contributed by atoms with Gasteiger partial charge < -0.3 is 9.84 Å². The van der Waals surface area contributed by atoms with E-state index >= 15 is 0 Å². The first-order valence-electron chi connectivity index (χ1n) is 6.37. The maximum Gasteiger partial charge on any atom is 0.119 e. The molecule has 5 heteroatoms. The van der Waals surface area contributed by atoms with Gasteiger partial charge in [0.25, 0.3) is 0 Å². The number of hydrogen-bond donors (Lipinski definition) is 1. The summed E-state index contributed by atoms with van der Waals surface area (Å²) in [5.41, 5.74) is 0. The van der Waals surface area contributed by atoms with Crippen LogP contribution >= 0.6 is 11.8 Å². The largest absolute Gasteiger partial charge is 0.491 e. The summed E-state index contributed by atoms with van der Waals surface area (Å²) in [6, 6.07) is 11.6. The van der Waals surface area contributed by atoms with Crippen LogP contribution in [0.4, 0.5) is 0 Å². The van der Waals surface area contributed by atoms with Crippen molar-refractivity contribution in [2.24, 2.45) is 0 Å². The van der Waals surface area contributed by atoms with E-state index in [1.54, 1.807) is 11.8 Å². The highest BCUT2D eigenvalue weighted by Crippen LogP contribution is 2.16. The average Bonchev–Trinajstić information content (AvgIpc) is 2.47. The van der Waals surface area contributed by atoms with Gasteiger partial charge in [-0.3, -0.25) is 4.90 Å². The highest BCUT2D eigenvalue weighted by Gasteiger charge is 2.24. The van der Waals surface area contributed by atoms with Crippen LogP contribution in [0.3, 0.4) is 0 Å². The van der Waals surface area contributed by atoms with Gasteiger partial charge in [0, 0.05) is 24.6 Å². The fraction of sp³-hybridized carbons (Fsp3) is 0.500. The summed E-state index contributed by atoms with van der Waals surface area (Å²) in [7, 11) is 0. The third kappa shape index (κ3) is 4.43. The monoisotopic (exact) mass is 278 g/mol. The first-order valence-corrected chi connectivity index (χ1v) is 7.52. The van der Waals surface area contributed by atoms with Crippen LogP contribution in [-0.4, -0.2) is 53.4 Å². The summed E-state index contributed by atoms with van der Waals surface area (Å²) in [5, 5.41) is 19.1. The molecule has 1 aromatic rings. The second-order valence-electron chi connectivity index (χ2n) is 4.49. The fourth-order valence-electron chi connectivity index (χ4n) is 2.01. The molecular weight excluding hydrogens is 260 g/mol. The van der Waals surface area contributed by atoms with E-state index < -0.39 is 6.10 Å². The van der Waals surface area contributed by atoms with Crippen molar-refractivity contribution in [1.82, 2.24) is 4.90 Å². The zero-order valence-electron chi connectivity index (χ0n) is 10.7. The molecule has 0 aromatic heterocycles. The molecule has 1 aliphatic rings. The molecule has 2 rings (SSSR count). The van der Waals surface area contributed by atoms with Gasteiger partial charge in [-0.2, -0.15) is 17.0 Å². The van der Waals surface area contributed by atoms with E-state index in [4.69, 9.17) is 10.00 Å². The topological polar surface area (TPSA) is 56.5 Å². The number of aliphatic hydroxyl groups is 1. The normalized spacial score (nSPS) is 21.6. The molecule has 0 unspecified atom stereocenters. The summed E-state index contributed by atoms with van der Waals surface area (Å²) in [6.07, 6.45) is -0.570. The van der Waals surface area contributed by atoms with Crippen LogP contribution in [0.15, 0.2) is 30.3 Å². The molecule has 0 radical (unpaired) electrons. The third-order valence-electron chi connectivity index (χ3n) is 3.02. The number of hydrogen-bond acceptors (Lipinski definition) is 5. The van der Waals surface area contributed by atoms with Gasteiger partial charge in [0.05, 0.1) is 6.07 Å². The standard InChI is InChI=1S/C14H18N2O2S/c15-8-12-11-19-7-6-16(12)9-13(17)10-18-14-4-2-1-3-5-14/h1-5,12-13,17H,6-7,9-11H2/t12-,13+/m0/s1. The third-order valence-corrected chi connectivity index (χ3v) is 4.04. The highest BCUT2D eigenvalue weighted by atomic mass is 32.2. The second kappa shape index (κ2) is 7.39. The van der Waals surface area contributed by atoms with E-state index in [0.29, 0.717) is 6.54 Å². The van der Waals surface area contributed by atoms with Crippen LogP contribution in [0.1, 0.15) is 0 Å². The fourth-order valence-corrected chi connectivity index (χ4v) is 3.05. The average molecular weight is 278 g/mol. The van der Waals surface area contributed by atoms with Gasteiger partial charge in [0.2, 0.25) is 0 Å². The zero-order valence-corrected chi connectivity index (χ0v) is 11.6. The molecule has 2 atom stereocenters. The number of ether oxygens (including phenoxy) is 1. The van der Waals surface area contributed by atoms with E-state index in [9.17, 15) is 5.11 Å². The van der Waals surface area contributed by atoms with Gasteiger partial charge in [-0.15, -0.1) is 0 Å². The minimum atomic E-state index is -0.570. The molecule has 1 N–H and O–H groups in total. The van der Waals surface area contributed by atoms with Crippen molar-refractivity contribution >= 4 is 11.8 Å². The highest BCUT2D eigenvalue weighted by molar-refractivity contribution is 7.99. The molecule has 0 saturated carbocycles. The van der Waals surface area contributed by atoms with Gasteiger partial charge in [-0.1, -0.05) is 18.2 Å². The number of nitriles is 1. The Morgan fingerprint density at radius 3 is 3.00 bits per heavy atom. The van der Waals surface area contributed by atoms with E-state index in [2.05, 4.69) is 6.07 Å². The molecule has 0 aliphatic carbocycles. The molecule has 1 heterocycles. The van der Waals surface area contributed by atoms with Crippen molar-refractivity contribution in [3.8, 4) is 11.8 Å². The Hall–Kier alpha value is -1.22. The molecule has 1 fully saturated rings. The Balaban J connectivity index is 1.77. The van der Waals surface area contributed by atoms with Gasteiger partial charge in [-0.05, 0) is 12.1 Å². The Labute approximate surface area is 118 Å². The molecule has 1 aliphatic heterocycles. The summed E-state index contributed by atoms with van der Waals surface area (Å²) >= 11 is 1.79. The molecule has 0 amide bonds. The van der Waals surface area contributed by atoms with Crippen molar-refractivity contribution in [2.45, 2.75) is 12.1 Å². The maximum atomic E-state index is 9.99. The smallest absolute Gasteiger partial charge is 0.119 e. The second-order valence-corrected chi connectivity index (χ2v) is 5.64. The van der Waals surface area contributed by atoms with Crippen LogP contribution in [-0.2, 0) is 0 Å². The summed E-state index contributed by atoms with van der Waals surface area (Å²) in [4.78, 5) is 2.04. The van der Waals surface area contributed by atoms with Crippen molar-refractivity contribution in [2.75, 3.05) is 31.2 Å². The lowest BCUT2D eigenvalue weighted by atomic mass is 10.2. The minimum Gasteiger partial charge on any atom is -0.491 e. The number of benzene rings is 1. The van der Waals surface area contributed by atoms with Crippen LogP contribution in [0.2, 0.25) is 0 Å². The summed E-state index contributed by atoms with van der Waals surface area (Å²) < 4.78 is 5.51. The Kier molecular flexibility index (Phi) is 5.52. The van der Waals surface area contributed by atoms with Crippen molar-refractivity contribution in [3.63, 3.8) is 0 Å². The number of rotatable bonds is 5. The van der Waals surface area contributed by atoms with E-state index in [1.807, 2.05) is 35.2 Å². The predicted octanol–water partition coefficient (Wildman–Crippen LogP) is 1.37. The summed E-state index contributed by atoms with van der Waals surface area (Å²) in [5.74, 6) is 2.60. The number of thioether (sulfide) groups is 1. The van der Waals surface area contributed by atoms with Crippen molar-refractivity contribution < 1.29 is 9.84 Å². The Morgan fingerprint density at radius 1 is 1.47 bits per heavy atom. The van der Waals surface area contributed by atoms with Crippen molar-refractivity contribution in [1.29, 1.82) is 5.26 Å². The van der Waals surface area contributed by atoms with E-state index in [0.717, 1.165) is 23.8 Å². The van der Waals surface area contributed by atoms with Crippen molar-refractivity contribution in [3.05, 3.63) is 30.3 Å². The molecular formula is C14H18N2O2S. The van der Waals surface area contributed by atoms with Gasteiger partial charge in [0.15, 0.2) is 0 Å². The molecule has 102 valence electrons. The molecule has 0 bridgehead atoms. The lowest BCUT2D eigenvalue weighted by Gasteiger charge is -2.32. The Bertz CT molecular complexity index is 421. The van der Waals surface area contributed by atoms with Crippen LogP contribution in [0.5, 0.6) is 5.75 Å². The van der Waals surface area contributed by atoms with E-state index in [1.165, 1.54) is 0 Å². The number of aliphatic hydroxyl groups excluding tert-OH is 1. The van der Waals surface area contributed by atoms with Gasteiger partial charge in [0.1, 0.15) is 24.5 Å². The number of para-hydroxylation sites is 1. The Morgan fingerprint density at radius 2 is 2.26 bits per heavy atom. The summed E-state index contributed by atoms with van der Waals surface area (Å²) in [6.45, 7) is 1.60. The quantitative estimate of drug-likeness (QED) is 0.881. The lowest BCUT2D eigenvalue weighted by Crippen LogP contribution is -2.46. The SMILES string of the molecule is N#C[C@H]1CSCCN1C[C@@H](O)COc1ccccc1. The first kappa shape index (κ1) is 14.2. The molecule has 19 heavy (non-hydrogen) atoms. The minimum absolute atomic E-state index is 0.0925. The van der Waals surface area contributed by atoms with E-state index in [-0.39, 0.29) is 12.6 Å². The first-order chi connectivity index (χ1) is 9.29. The molecule has 4 nitrogen and oxygen atoms in total. The van der Waals surface area contributed by atoms with Crippen LogP contribution < -0.4 is 4.74 Å². The van der Waals surface area contributed by atoms with Crippen LogP contribution in [0, 0.1) is 11.3 Å². The lowest BCUT2D eigenvalue weighted by molar-refractivity contribution is 0.0642. The van der Waals surface area contributed by atoms with Gasteiger partial charge in [-0.25, -0.2) is 0 Å². The number of β-amino-alcohol motifs (C(OH)–C–C–N with tert-alkyl or cyclic N) is 1. The molecule has 0 spiro atoms.